The average Bonchev–Trinajstić information content (AvgIpc) is 2.36. The Hall–Kier alpha value is -2.24. The van der Waals surface area contributed by atoms with Crippen molar-refractivity contribution in [1.82, 2.24) is 0 Å². The highest BCUT2D eigenvalue weighted by Crippen LogP contribution is 2.29. The maximum Gasteiger partial charge on any atom is 0.303 e. The summed E-state index contributed by atoms with van der Waals surface area (Å²) in [6.07, 6.45) is -1.37. The van der Waals surface area contributed by atoms with E-state index in [4.69, 9.17) is 14.2 Å². The number of esters is 1. The molecule has 1 aromatic carbocycles. The average molecular weight is 267 g/mol. The van der Waals surface area contributed by atoms with Gasteiger partial charge in [0.1, 0.15) is 17.6 Å². The van der Waals surface area contributed by atoms with Crippen LogP contribution in [0.15, 0.2) is 18.2 Å². The Bertz CT molecular complexity index is 430. The number of carboxylic acids is 1. The molecule has 0 amide bonds. The summed E-state index contributed by atoms with van der Waals surface area (Å²) in [5, 5.41) is 10.7. The highest BCUT2D eigenvalue weighted by molar-refractivity contribution is 5.69. The summed E-state index contributed by atoms with van der Waals surface area (Å²) in [6.45, 7) is 1.21. The van der Waals surface area contributed by atoms with Gasteiger partial charge in [0.25, 0.3) is 0 Å². The van der Waals surface area contributed by atoms with E-state index in [0.29, 0.717) is 17.1 Å². The van der Waals surface area contributed by atoms with E-state index in [1.54, 1.807) is 18.2 Å². The number of hydrogen-bond donors (Lipinski definition) is 0. The lowest BCUT2D eigenvalue weighted by molar-refractivity contribution is -0.307. The van der Waals surface area contributed by atoms with Crippen LogP contribution in [0.3, 0.4) is 0 Å². The molecule has 0 aromatic heterocycles. The van der Waals surface area contributed by atoms with Crippen LogP contribution in [0, 0.1) is 0 Å². The van der Waals surface area contributed by atoms with E-state index in [1.165, 1.54) is 21.1 Å². The van der Waals surface area contributed by atoms with Gasteiger partial charge in [0.05, 0.1) is 14.2 Å². The molecule has 0 aliphatic rings. The number of ether oxygens (including phenoxy) is 3. The maximum atomic E-state index is 11.0. The van der Waals surface area contributed by atoms with Crippen molar-refractivity contribution in [3.63, 3.8) is 0 Å². The quantitative estimate of drug-likeness (QED) is 0.696. The van der Waals surface area contributed by atoms with Gasteiger partial charge >= 0.3 is 5.97 Å². The van der Waals surface area contributed by atoms with E-state index in [0.717, 1.165) is 0 Å². The molecule has 104 valence electrons. The standard InChI is InChI=1S/C13H16O6/c1-8(14)19-12(7-13(15)16)9-4-10(17-2)6-11(5-9)18-3/h4-6,12H,7H2,1-3H3,(H,15,16)/p-1. The van der Waals surface area contributed by atoms with Crippen LogP contribution in [0.1, 0.15) is 25.0 Å². The second-order valence-corrected chi connectivity index (χ2v) is 3.82. The van der Waals surface area contributed by atoms with Gasteiger partial charge in [0.2, 0.25) is 0 Å². The number of rotatable bonds is 6. The number of hydrogen-bond acceptors (Lipinski definition) is 6. The van der Waals surface area contributed by atoms with Crippen molar-refractivity contribution in [1.29, 1.82) is 0 Å². The molecule has 0 bridgehead atoms. The van der Waals surface area contributed by atoms with Crippen LogP contribution in [0.5, 0.6) is 11.5 Å². The van der Waals surface area contributed by atoms with Crippen molar-refractivity contribution >= 4 is 11.9 Å². The predicted octanol–water partition coefficient (Wildman–Crippen LogP) is 0.448. The van der Waals surface area contributed by atoms with E-state index >= 15 is 0 Å². The summed E-state index contributed by atoms with van der Waals surface area (Å²) in [4.78, 5) is 21.7. The first-order chi connectivity index (χ1) is 8.96. The molecule has 0 heterocycles. The van der Waals surface area contributed by atoms with E-state index < -0.39 is 24.5 Å². The van der Waals surface area contributed by atoms with Crippen LogP contribution in [-0.2, 0) is 14.3 Å². The normalized spacial score (nSPS) is 11.5. The van der Waals surface area contributed by atoms with Crippen molar-refractivity contribution in [2.75, 3.05) is 14.2 Å². The fourth-order valence-corrected chi connectivity index (χ4v) is 1.59. The minimum Gasteiger partial charge on any atom is -0.550 e. The van der Waals surface area contributed by atoms with Crippen molar-refractivity contribution < 1.29 is 28.9 Å². The largest absolute Gasteiger partial charge is 0.550 e. The van der Waals surface area contributed by atoms with Gasteiger partial charge in [-0.2, -0.15) is 0 Å². The summed E-state index contributed by atoms with van der Waals surface area (Å²) in [6, 6.07) is 4.80. The number of benzene rings is 1. The summed E-state index contributed by atoms with van der Waals surface area (Å²) in [5.41, 5.74) is 0.468. The first-order valence-electron chi connectivity index (χ1n) is 5.56. The highest BCUT2D eigenvalue weighted by atomic mass is 16.5. The lowest BCUT2D eigenvalue weighted by Gasteiger charge is -2.19. The van der Waals surface area contributed by atoms with Crippen LogP contribution < -0.4 is 14.6 Å². The molecule has 19 heavy (non-hydrogen) atoms. The third-order valence-electron chi connectivity index (χ3n) is 2.41. The van der Waals surface area contributed by atoms with Gasteiger partial charge in [-0.15, -0.1) is 0 Å². The molecule has 6 nitrogen and oxygen atoms in total. The minimum absolute atomic E-state index is 0.435. The van der Waals surface area contributed by atoms with E-state index in [1.807, 2.05) is 0 Å². The first kappa shape index (κ1) is 14.8. The number of carboxylic acid groups (broad SMARTS) is 1. The third kappa shape index (κ3) is 4.50. The lowest BCUT2D eigenvalue weighted by Crippen LogP contribution is -2.26. The number of carbonyl (C=O) groups excluding carboxylic acids is 2. The maximum absolute atomic E-state index is 11.0. The Kier molecular flexibility index (Phi) is 5.17. The minimum atomic E-state index is -1.31. The van der Waals surface area contributed by atoms with Crippen molar-refractivity contribution in [2.45, 2.75) is 19.4 Å². The van der Waals surface area contributed by atoms with Crippen LogP contribution >= 0.6 is 0 Å². The second kappa shape index (κ2) is 6.63. The van der Waals surface area contributed by atoms with Crippen molar-refractivity contribution in [2.24, 2.45) is 0 Å². The predicted molar refractivity (Wildman–Crippen MR) is 63.7 cm³/mol. The number of carbonyl (C=O) groups is 2. The van der Waals surface area contributed by atoms with Gasteiger partial charge < -0.3 is 24.1 Å². The Morgan fingerprint density at radius 2 is 1.68 bits per heavy atom. The number of aliphatic carboxylic acids is 1. The molecule has 6 heteroatoms. The third-order valence-corrected chi connectivity index (χ3v) is 2.41. The molecule has 1 aromatic rings. The number of methoxy groups -OCH3 is 2. The van der Waals surface area contributed by atoms with Crippen molar-refractivity contribution in [3.05, 3.63) is 23.8 Å². The molecule has 0 saturated heterocycles. The lowest BCUT2D eigenvalue weighted by atomic mass is 10.1. The van der Waals surface area contributed by atoms with Crippen LogP contribution in [-0.4, -0.2) is 26.2 Å². The fourth-order valence-electron chi connectivity index (χ4n) is 1.59. The molecule has 0 N–H and O–H groups in total. The smallest absolute Gasteiger partial charge is 0.303 e. The van der Waals surface area contributed by atoms with Crippen LogP contribution in [0.2, 0.25) is 0 Å². The summed E-state index contributed by atoms with van der Waals surface area (Å²) in [7, 11) is 2.94. The fraction of sp³-hybridized carbons (Fsp3) is 0.385. The zero-order valence-electron chi connectivity index (χ0n) is 11.0. The molecular weight excluding hydrogens is 252 g/mol. The molecule has 0 spiro atoms. The summed E-state index contributed by atoms with van der Waals surface area (Å²) >= 11 is 0. The Morgan fingerprint density at radius 1 is 1.16 bits per heavy atom. The molecule has 0 radical (unpaired) electrons. The van der Waals surface area contributed by atoms with E-state index in [-0.39, 0.29) is 0 Å². The Balaban J connectivity index is 3.12. The van der Waals surface area contributed by atoms with E-state index in [9.17, 15) is 14.7 Å². The molecule has 0 saturated carbocycles. The van der Waals surface area contributed by atoms with Crippen LogP contribution in [0.25, 0.3) is 0 Å². The molecule has 1 unspecified atom stereocenters. The van der Waals surface area contributed by atoms with Gasteiger partial charge in [-0.25, -0.2) is 0 Å². The zero-order chi connectivity index (χ0) is 14.4. The molecule has 1 rings (SSSR count). The van der Waals surface area contributed by atoms with Gasteiger partial charge in [0.15, 0.2) is 0 Å². The summed E-state index contributed by atoms with van der Waals surface area (Å²) in [5.74, 6) is -0.934. The second-order valence-electron chi connectivity index (χ2n) is 3.82. The van der Waals surface area contributed by atoms with Crippen molar-refractivity contribution in [3.8, 4) is 11.5 Å². The van der Waals surface area contributed by atoms with E-state index in [2.05, 4.69) is 0 Å². The van der Waals surface area contributed by atoms with Gasteiger partial charge in [0, 0.05) is 30.9 Å². The van der Waals surface area contributed by atoms with Gasteiger partial charge in [-0.3, -0.25) is 4.79 Å². The topological polar surface area (TPSA) is 84.9 Å². The first-order valence-corrected chi connectivity index (χ1v) is 5.56. The Morgan fingerprint density at radius 3 is 2.05 bits per heavy atom. The molecule has 1 atom stereocenters. The molecule has 0 aliphatic carbocycles. The Labute approximate surface area is 110 Å². The SMILES string of the molecule is COc1cc(OC)cc(C(CC(=O)[O-])OC(C)=O)c1. The molecule has 0 fully saturated rings. The summed E-state index contributed by atoms with van der Waals surface area (Å²) < 4.78 is 15.1. The monoisotopic (exact) mass is 267 g/mol. The van der Waals surface area contributed by atoms with Crippen LogP contribution in [0.4, 0.5) is 0 Å². The van der Waals surface area contributed by atoms with Gasteiger partial charge in [-0.1, -0.05) is 0 Å². The zero-order valence-corrected chi connectivity index (χ0v) is 11.0. The highest BCUT2D eigenvalue weighted by Gasteiger charge is 2.17. The van der Waals surface area contributed by atoms with Gasteiger partial charge in [-0.05, 0) is 12.1 Å². The molecular formula is C13H15O6-. The molecule has 0 aliphatic heterocycles.